The van der Waals surface area contributed by atoms with Crippen molar-refractivity contribution in [2.75, 3.05) is 5.32 Å². The van der Waals surface area contributed by atoms with Crippen LogP contribution in [0.3, 0.4) is 0 Å². The predicted octanol–water partition coefficient (Wildman–Crippen LogP) is 6.18. The van der Waals surface area contributed by atoms with Crippen LogP contribution in [0.15, 0.2) is 83.9 Å². The van der Waals surface area contributed by atoms with Gasteiger partial charge in [0, 0.05) is 16.2 Å². The lowest BCUT2D eigenvalue weighted by atomic mass is 9.89. The maximum atomic E-state index is 14.8. The molecule has 7 nitrogen and oxygen atoms in total. The minimum absolute atomic E-state index is 0.158. The molecule has 0 saturated carbocycles. The van der Waals surface area contributed by atoms with Crippen molar-refractivity contribution in [2.45, 2.75) is 45.1 Å². The molecule has 0 radical (unpaired) electrons. The van der Waals surface area contributed by atoms with Crippen LogP contribution in [-0.2, 0) is 9.71 Å². The zero-order valence-corrected chi connectivity index (χ0v) is 21.8. The van der Waals surface area contributed by atoms with Gasteiger partial charge in [-0.1, -0.05) is 54.2 Å². The van der Waals surface area contributed by atoms with E-state index < -0.39 is 9.71 Å². The summed E-state index contributed by atoms with van der Waals surface area (Å²) >= 11 is 0. The van der Waals surface area contributed by atoms with Crippen molar-refractivity contribution in [1.82, 2.24) is 23.9 Å². The van der Waals surface area contributed by atoms with E-state index in [2.05, 4.69) is 93.5 Å². The molecule has 2 N–H and O–H groups in total. The van der Waals surface area contributed by atoms with Crippen LogP contribution in [0.25, 0.3) is 22.1 Å². The zero-order valence-electron chi connectivity index (χ0n) is 21.0. The fraction of sp³-hybridized carbons (Fsp3) is 0.241. The molecule has 0 fully saturated rings. The predicted molar refractivity (Wildman–Crippen MR) is 153 cm³/mol. The first-order valence-corrected chi connectivity index (χ1v) is 14.2. The molecule has 3 heterocycles. The second kappa shape index (κ2) is 9.19. The third-order valence-electron chi connectivity index (χ3n) is 7.27. The summed E-state index contributed by atoms with van der Waals surface area (Å²) in [6.07, 6.45) is 18.3. The third kappa shape index (κ3) is 4.01. The van der Waals surface area contributed by atoms with Gasteiger partial charge in [-0.25, -0.2) is 19.2 Å². The average Bonchev–Trinajstić information content (AvgIpc) is 3.53. The number of benzene rings is 1. The molecule has 0 spiro atoms. The van der Waals surface area contributed by atoms with E-state index in [1.165, 1.54) is 17.5 Å². The second-order valence-corrected chi connectivity index (χ2v) is 11.9. The van der Waals surface area contributed by atoms with Gasteiger partial charge in [-0.15, -0.1) is 0 Å². The Bertz CT molecular complexity index is 1730. The Morgan fingerprint density at radius 3 is 2.81 bits per heavy atom. The van der Waals surface area contributed by atoms with E-state index in [-0.39, 0.29) is 12.0 Å². The van der Waals surface area contributed by atoms with E-state index in [0.717, 1.165) is 46.3 Å². The van der Waals surface area contributed by atoms with Crippen LogP contribution in [0.4, 0.5) is 5.82 Å². The summed E-state index contributed by atoms with van der Waals surface area (Å²) in [7, 11) is -2.83. The summed E-state index contributed by atoms with van der Waals surface area (Å²) in [6, 6.07) is 8.03. The number of aromatic nitrogens is 5. The quantitative estimate of drug-likeness (QED) is 0.302. The highest BCUT2D eigenvalue weighted by Crippen LogP contribution is 2.42. The highest BCUT2D eigenvalue weighted by atomic mass is 32.2. The Morgan fingerprint density at radius 1 is 1.16 bits per heavy atom. The van der Waals surface area contributed by atoms with Crippen molar-refractivity contribution in [3.8, 4) is 0 Å². The molecule has 2 aliphatic rings. The number of hydrogen-bond acceptors (Lipinski definition) is 5. The van der Waals surface area contributed by atoms with E-state index in [1.54, 1.807) is 6.33 Å². The molecule has 1 aromatic carbocycles. The molecule has 0 bridgehead atoms. The van der Waals surface area contributed by atoms with Gasteiger partial charge in [0.05, 0.1) is 33.3 Å². The first-order valence-electron chi connectivity index (χ1n) is 12.6. The Hall–Kier alpha value is -3.91. The van der Waals surface area contributed by atoms with Crippen LogP contribution < -0.4 is 5.32 Å². The molecule has 37 heavy (non-hydrogen) atoms. The fourth-order valence-electron chi connectivity index (χ4n) is 5.42. The average molecular weight is 511 g/mol. The summed E-state index contributed by atoms with van der Waals surface area (Å²) in [5.74, 6) is 5.19. The van der Waals surface area contributed by atoms with E-state index in [4.69, 9.17) is 0 Å². The van der Waals surface area contributed by atoms with E-state index >= 15 is 0 Å². The van der Waals surface area contributed by atoms with Crippen molar-refractivity contribution in [2.24, 2.45) is 0 Å². The minimum Gasteiger partial charge on any atom is -0.360 e. The Labute approximate surface area is 216 Å². The van der Waals surface area contributed by atoms with Gasteiger partial charge in [0.25, 0.3) is 0 Å². The molecular weight excluding hydrogens is 480 g/mol. The minimum atomic E-state index is -2.83. The molecule has 0 amide bonds. The first-order chi connectivity index (χ1) is 17.9. The third-order valence-corrected chi connectivity index (χ3v) is 9.41. The van der Waals surface area contributed by atoms with Crippen molar-refractivity contribution in [3.05, 3.63) is 95.1 Å². The SMILES string of the molecule is C=S(=O)(C1=CC=C(C)CC1)n1c(C(C)Nc2ncnc3nc[nH]c23)c(C2C=CC=CC2)c2ccccc21. The number of allylic oxidation sites excluding steroid dienone is 8. The molecular formula is C29H30N6OS. The molecule has 6 rings (SSSR count). The molecule has 0 saturated heterocycles. The molecule has 4 aromatic rings. The summed E-state index contributed by atoms with van der Waals surface area (Å²) in [5, 5.41) is 4.68. The van der Waals surface area contributed by atoms with Gasteiger partial charge >= 0.3 is 0 Å². The highest BCUT2D eigenvalue weighted by Gasteiger charge is 2.31. The lowest BCUT2D eigenvalue weighted by Gasteiger charge is -2.26. The second-order valence-electron chi connectivity index (χ2n) is 9.74. The maximum Gasteiger partial charge on any atom is 0.182 e. The molecule has 2 aliphatic carbocycles. The highest BCUT2D eigenvalue weighted by molar-refractivity contribution is 8.02. The van der Waals surface area contributed by atoms with Gasteiger partial charge in [0.2, 0.25) is 0 Å². The van der Waals surface area contributed by atoms with Gasteiger partial charge < -0.3 is 10.3 Å². The smallest absolute Gasteiger partial charge is 0.182 e. The van der Waals surface area contributed by atoms with Gasteiger partial charge in [0.15, 0.2) is 11.5 Å². The number of imidazole rings is 1. The van der Waals surface area contributed by atoms with Crippen LogP contribution in [-0.4, -0.2) is 34.0 Å². The number of nitrogens with zero attached hydrogens (tertiary/aromatic N) is 4. The monoisotopic (exact) mass is 510 g/mol. The topological polar surface area (TPSA) is 88.5 Å². The molecule has 3 atom stereocenters. The van der Waals surface area contributed by atoms with Crippen LogP contribution in [0.1, 0.15) is 56.3 Å². The van der Waals surface area contributed by atoms with E-state index in [0.29, 0.717) is 11.5 Å². The normalized spacial score (nSPS) is 20.0. The Morgan fingerprint density at radius 2 is 2.03 bits per heavy atom. The Balaban J connectivity index is 1.59. The standard InChI is InChI=1S/C29H30N6OS/c1-19-13-15-22(16-14-19)37(3,36)35-24-12-8-7-11-23(24)25(21-9-5-4-6-10-21)27(35)20(2)34-29-26-28(31-17-30-26)32-18-33-29/h4-9,11-13,15,17-18,20-21H,3,10,14,16H2,1-2H3,(H2,30,31,32,33,34). The Kier molecular flexibility index (Phi) is 5.83. The van der Waals surface area contributed by atoms with Gasteiger partial charge in [0.1, 0.15) is 11.8 Å². The van der Waals surface area contributed by atoms with Gasteiger partial charge in [-0.3, -0.25) is 3.97 Å². The molecule has 3 unspecified atom stereocenters. The summed E-state index contributed by atoms with van der Waals surface area (Å²) in [4.78, 5) is 17.0. The zero-order chi connectivity index (χ0) is 25.6. The number of anilines is 1. The van der Waals surface area contributed by atoms with Crippen LogP contribution in [0.5, 0.6) is 0 Å². The number of rotatable bonds is 6. The molecule has 8 heteroatoms. The number of para-hydroxylation sites is 1. The van der Waals surface area contributed by atoms with E-state index in [9.17, 15) is 4.21 Å². The molecule has 0 aliphatic heterocycles. The van der Waals surface area contributed by atoms with Crippen molar-refractivity contribution in [3.63, 3.8) is 0 Å². The summed E-state index contributed by atoms with van der Waals surface area (Å²) < 4.78 is 16.8. The largest absolute Gasteiger partial charge is 0.360 e. The van der Waals surface area contributed by atoms with Crippen LogP contribution >= 0.6 is 0 Å². The number of fused-ring (bicyclic) bond motifs is 2. The number of nitrogens with one attached hydrogen (secondary N) is 2. The van der Waals surface area contributed by atoms with Gasteiger partial charge in [-0.2, -0.15) is 0 Å². The van der Waals surface area contributed by atoms with Crippen molar-refractivity contribution < 1.29 is 4.21 Å². The number of hydrogen-bond donors (Lipinski definition) is 2. The lowest BCUT2D eigenvalue weighted by molar-refractivity contribution is 0.672. The maximum absolute atomic E-state index is 14.8. The van der Waals surface area contributed by atoms with E-state index in [1.807, 2.05) is 16.1 Å². The number of H-pyrrole nitrogens is 1. The van der Waals surface area contributed by atoms with Crippen molar-refractivity contribution >= 4 is 43.5 Å². The van der Waals surface area contributed by atoms with Gasteiger partial charge in [-0.05, 0) is 56.7 Å². The van der Waals surface area contributed by atoms with Crippen molar-refractivity contribution in [1.29, 1.82) is 0 Å². The van der Waals surface area contributed by atoms with Crippen LogP contribution in [0, 0.1) is 0 Å². The first kappa shape index (κ1) is 23.5. The fourth-order valence-corrected chi connectivity index (χ4v) is 7.41. The molecule has 188 valence electrons. The summed E-state index contributed by atoms with van der Waals surface area (Å²) in [5.41, 5.74) is 5.70. The molecule has 3 aromatic heterocycles. The summed E-state index contributed by atoms with van der Waals surface area (Å²) in [6.45, 7) is 4.20. The lowest BCUT2D eigenvalue weighted by Crippen LogP contribution is -2.23. The number of aromatic amines is 1. The van der Waals surface area contributed by atoms with Crippen LogP contribution in [0.2, 0.25) is 0 Å².